The number of fused-ring (bicyclic) bond motifs is 3. The summed E-state index contributed by atoms with van der Waals surface area (Å²) in [5.74, 6) is -1.71. The normalized spacial score (nSPS) is 20.6. The fourth-order valence-electron chi connectivity index (χ4n) is 8.92. The zero-order valence-electron chi connectivity index (χ0n) is 32.2. The summed E-state index contributed by atoms with van der Waals surface area (Å²) in [6, 6.07) is 14.5. The second-order valence-corrected chi connectivity index (χ2v) is 15.7. The molecule has 7 heterocycles. The Bertz CT molecular complexity index is 2450. The molecule has 0 radical (unpaired) electrons. The summed E-state index contributed by atoms with van der Waals surface area (Å²) in [4.78, 5) is 80.0. The number of H-pyrrole nitrogens is 1. The maximum atomic E-state index is 13.4. The smallest absolute Gasteiger partial charge is 0.262 e. The number of hydrogen-bond donors (Lipinski definition) is 3. The summed E-state index contributed by atoms with van der Waals surface area (Å²) in [7, 11) is 2.15. The lowest BCUT2D eigenvalue weighted by atomic mass is 10.0. The largest absolute Gasteiger partial charge is 0.369 e. The number of piperazine rings is 1. The van der Waals surface area contributed by atoms with Gasteiger partial charge in [-0.1, -0.05) is 6.07 Å². The van der Waals surface area contributed by atoms with E-state index in [1.165, 1.54) is 12.1 Å². The monoisotopic (exact) mass is 770 g/mol. The number of pyridine rings is 1. The molecule has 5 aromatic rings. The second-order valence-electron chi connectivity index (χ2n) is 15.7. The number of likely N-dealkylation sites (tertiary alicyclic amines) is 1. The number of anilines is 2. The molecule has 15 nitrogen and oxygen atoms in total. The zero-order valence-corrected chi connectivity index (χ0v) is 32.2. The molecule has 0 aliphatic carbocycles. The van der Waals surface area contributed by atoms with Gasteiger partial charge >= 0.3 is 0 Å². The van der Waals surface area contributed by atoms with E-state index < -0.39 is 29.7 Å². The number of carbonyl (C=O) groups excluding carboxylic acids is 5. The Hall–Kier alpha value is -5.93. The standard InChI is InChI=1S/C42H46N10O5/c1-25-29-9-7-26(39(54)45-37-23-32-27(24-43-37)20-33(44-32)34-6-5-13-48(34)2)21-36(29)51(47-25)15-4-3-14-49-16-18-50(19-17-49)28-8-10-30-31(22-28)42(57)52(41(30)56)35-11-12-38(53)46-40(35)55/h7-10,20-24,34-35,44H,3-6,11-19H2,1-2H3,(H,43,45,54)(H,46,53,55)/t34-,35?/m0/s1. The predicted molar refractivity (Wildman–Crippen MR) is 214 cm³/mol. The maximum Gasteiger partial charge on any atom is 0.262 e. The van der Waals surface area contributed by atoms with Gasteiger partial charge in [0.15, 0.2) is 0 Å². The number of aryl methyl sites for hydroxylation is 2. The summed E-state index contributed by atoms with van der Waals surface area (Å²) in [6.07, 6.45) is 6.26. The molecule has 294 valence electrons. The first-order valence-electron chi connectivity index (χ1n) is 19.9. The molecule has 0 saturated carbocycles. The van der Waals surface area contributed by atoms with E-state index in [1.807, 2.05) is 48.1 Å². The van der Waals surface area contributed by atoms with Crippen molar-refractivity contribution in [2.24, 2.45) is 0 Å². The number of piperidine rings is 1. The average molecular weight is 771 g/mol. The van der Waals surface area contributed by atoms with Crippen LogP contribution in [0, 0.1) is 6.92 Å². The van der Waals surface area contributed by atoms with E-state index in [2.05, 4.69) is 48.4 Å². The Morgan fingerprint density at radius 3 is 2.47 bits per heavy atom. The van der Waals surface area contributed by atoms with Gasteiger partial charge in [0, 0.05) is 85.2 Å². The number of aromatic amines is 1. The Morgan fingerprint density at radius 2 is 1.68 bits per heavy atom. The van der Waals surface area contributed by atoms with Crippen LogP contribution in [0.2, 0.25) is 0 Å². The molecular weight excluding hydrogens is 725 g/mol. The third-order valence-corrected chi connectivity index (χ3v) is 12.1. The molecule has 15 heteroatoms. The van der Waals surface area contributed by atoms with Crippen molar-refractivity contribution >= 4 is 62.8 Å². The molecule has 9 rings (SSSR count). The van der Waals surface area contributed by atoms with E-state index in [4.69, 9.17) is 5.10 Å². The van der Waals surface area contributed by atoms with Gasteiger partial charge in [-0.05, 0) is 95.6 Å². The molecule has 1 unspecified atom stereocenters. The van der Waals surface area contributed by atoms with Crippen molar-refractivity contribution in [2.45, 2.75) is 64.1 Å². The van der Waals surface area contributed by atoms with Crippen molar-refractivity contribution in [2.75, 3.05) is 56.5 Å². The molecule has 2 aromatic carbocycles. The van der Waals surface area contributed by atoms with Crippen molar-refractivity contribution in [3.63, 3.8) is 0 Å². The van der Waals surface area contributed by atoms with E-state index in [1.54, 1.807) is 12.1 Å². The van der Waals surface area contributed by atoms with Gasteiger partial charge in [0.05, 0.1) is 27.9 Å². The van der Waals surface area contributed by atoms with Crippen LogP contribution >= 0.6 is 0 Å². The van der Waals surface area contributed by atoms with E-state index in [9.17, 15) is 24.0 Å². The lowest BCUT2D eigenvalue weighted by Gasteiger charge is -2.36. The Balaban J connectivity index is 0.774. The fraction of sp³-hybridized carbons (Fsp3) is 0.405. The van der Waals surface area contributed by atoms with Crippen molar-refractivity contribution in [3.05, 3.63) is 82.8 Å². The number of amides is 5. The van der Waals surface area contributed by atoms with Gasteiger partial charge in [0.2, 0.25) is 11.8 Å². The number of aromatic nitrogens is 4. The average Bonchev–Trinajstić information content (AvgIpc) is 3.97. The van der Waals surface area contributed by atoms with Crippen molar-refractivity contribution in [1.29, 1.82) is 0 Å². The molecular formula is C42H46N10O5. The molecule has 5 amide bonds. The molecule has 3 aromatic heterocycles. The maximum absolute atomic E-state index is 13.4. The molecule has 3 fully saturated rings. The summed E-state index contributed by atoms with van der Waals surface area (Å²) in [5.41, 5.74) is 6.00. The van der Waals surface area contributed by atoms with E-state index in [0.717, 1.165) is 103 Å². The van der Waals surface area contributed by atoms with Crippen molar-refractivity contribution < 1.29 is 24.0 Å². The van der Waals surface area contributed by atoms with Crippen LogP contribution in [-0.2, 0) is 16.1 Å². The summed E-state index contributed by atoms with van der Waals surface area (Å²) in [6.45, 7) is 8.03. The predicted octanol–water partition coefficient (Wildman–Crippen LogP) is 4.24. The van der Waals surface area contributed by atoms with Crippen molar-refractivity contribution in [3.8, 4) is 0 Å². The van der Waals surface area contributed by atoms with E-state index >= 15 is 0 Å². The number of imide groups is 2. The Kier molecular flexibility index (Phi) is 9.57. The summed E-state index contributed by atoms with van der Waals surface area (Å²) < 4.78 is 2.01. The van der Waals surface area contributed by atoms with Crippen LogP contribution in [0.1, 0.15) is 87.0 Å². The molecule has 2 atom stereocenters. The molecule has 3 N–H and O–H groups in total. The lowest BCUT2D eigenvalue weighted by Crippen LogP contribution is -2.54. The van der Waals surface area contributed by atoms with Gasteiger partial charge in [-0.25, -0.2) is 4.98 Å². The molecule has 0 spiro atoms. The molecule has 57 heavy (non-hydrogen) atoms. The van der Waals surface area contributed by atoms with Gasteiger partial charge < -0.3 is 15.2 Å². The minimum atomic E-state index is -0.977. The van der Waals surface area contributed by atoms with Crippen LogP contribution in [0.5, 0.6) is 0 Å². The highest BCUT2D eigenvalue weighted by atomic mass is 16.2. The van der Waals surface area contributed by atoms with Crippen LogP contribution in [0.4, 0.5) is 11.5 Å². The first kappa shape index (κ1) is 36.7. The Labute approximate surface area is 329 Å². The first-order valence-corrected chi connectivity index (χ1v) is 19.9. The fourth-order valence-corrected chi connectivity index (χ4v) is 8.92. The van der Waals surface area contributed by atoms with Gasteiger partial charge in [0.25, 0.3) is 17.7 Å². The van der Waals surface area contributed by atoms with Gasteiger partial charge in [0.1, 0.15) is 11.9 Å². The van der Waals surface area contributed by atoms with Crippen LogP contribution in [-0.4, -0.2) is 116 Å². The molecule has 4 aliphatic heterocycles. The summed E-state index contributed by atoms with van der Waals surface area (Å²) in [5, 5.41) is 12.1. The number of hydrogen-bond acceptors (Lipinski definition) is 10. The van der Waals surface area contributed by atoms with Crippen LogP contribution in [0.15, 0.2) is 54.7 Å². The molecule has 0 bridgehead atoms. The lowest BCUT2D eigenvalue weighted by molar-refractivity contribution is -0.136. The SMILES string of the molecule is Cc1nn(CCCCN2CCN(c3ccc4c(c3)C(=O)N(C3CCC(=O)NC3=O)C4=O)CC2)c2cc(C(=O)Nc3cc4[nH]c([C@@H]5CCCN5C)cc4cn3)ccc12. The highest BCUT2D eigenvalue weighted by Crippen LogP contribution is 2.33. The zero-order chi connectivity index (χ0) is 39.4. The highest BCUT2D eigenvalue weighted by Gasteiger charge is 2.44. The summed E-state index contributed by atoms with van der Waals surface area (Å²) >= 11 is 0. The number of unbranched alkanes of at least 4 members (excludes halogenated alkanes) is 1. The third kappa shape index (κ3) is 6.95. The van der Waals surface area contributed by atoms with Gasteiger partial charge in [-0.2, -0.15) is 5.10 Å². The third-order valence-electron chi connectivity index (χ3n) is 12.1. The van der Waals surface area contributed by atoms with E-state index in [0.29, 0.717) is 23.0 Å². The second kappa shape index (κ2) is 14.9. The number of nitrogens with one attached hydrogen (secondary N) is 3. The minimum absolute atomic E-state index is 0.0889. The quantitative estimate of drug-likeness (QED) is 0.138. The molecule has 3 saturated heterocycles. The first-order chi connectivity index (χ1) is 27.6. The van der Waals surface area contributed by atoms with Crippen LogP contribution < -0.4 is 15.5 Å². The van der Waals surface area contributed by atoms with Crippen LogP contribution in [0.25, 0.3) is 21.8 Å². The number of carbonyl (C=O) groups is 5. The topological polar surface area (TPSA) is 169 Å². The van der Waals surface area contributed by atoms with Crippen molar-refractivity contribution in [1.82, 2.24) is 39.8 Å². The van der Waals surface area contributed by atoms with Gasteiger partial charge in [-0.3, -0.25) is 48.7 Å². The van der Waals surface area contributed by atoms with E-state index in [-0.39, 0.29) is 24.3 Å². The molecule has 4 aliphatic rings. The Morgan fingerprint density at radius 1 is 0.877 bits per heavy atom. The van der Waals surface area contributed by atoms with Crippen LogP contribution in [0.3, 0.4) is 0 Å². The number of benzene rings is 2. The minimum Gasteiger partial charge on any atom is -0.369 e. The number of nitrogens with zero attached hydrogens (tertiary/aromatic N) is 7. The number of rotatable bonds is 10. The van der Waals surface area contributed by atoms with Gasteiger partial charge in [-0.15, -0.1) is 0 Å². The highest BCUT2D eigenvalue weighted by molar-refractivity contribution is 6.23.